The SMILES string of the molecule is CCCCOc1ccc(CCOC(=O)NCCCCNC(=O)OC2CCN(C3CCCC[C@H]3OCCc3ccc(OC)c(OC)c3)C2)cc1. The Hall–Kier alpha value is -3.70. The van der Waals surface area contributed by atoms with Crippen LogP contribution >= 0.6 is 0 Å². The van der Waals surface area contributed by atoms with Crippen molar-refractivity contribution in [1.82, 2.24) is 15.5 Å². The average Bonchev–Trinajstić information content (AvgIpc) is 3.58. The number of hydrogen-bond acceptors (Lipinski definition) is 9. The van der Waals surface area contributed by atoms with Crippen LogP contribution in [0.1, 0.15) is 75.8 Å². The minimum Gasteiger partial charge on any atom is -0.494 e. The summed E-state index contributed by atoms with van der Waals surface area (Å²) in [5.41, 5.74) is 2.24. The molecule has 2 unspecified atom stereocenters. The van der Waals surface area contributed by atoms with Gasteiger partial charge in [0, 0.05) is 38.6 Å². The Kier molecular flexibility index (Phi) is 16.6. The van der Waals surface area contributed by atoms with E-state index in [0.29, 0.717) is 38.8 Å². The summed E-state index contributed by atoms with van der Waals surface area (Å²) in [6.07, 6.45) is 9.64. The van der Waals surface area contributed by atoms with Crippen LogP contribution in [0.25, 0.3) is 0 Å². The molecular formula is C38H57N3O8. The largest absolute Gasteiger partial charge is 0.494 e. The van der Waals surface area contributed by atoms with Crippen molar-refractivity contribution in [2.75, 3.05) is 60.2 Å². The van der Waals surface area contributed by atoms with Gasteiger partial charge in [0.05, 0.1) is 40.1 Å². The number of rotatable bonds is 20. The van der Waals surface area contributed by atoms with Gasteiger partial charge in [-0.05, 0) is 80.3 Å². The van der Waals surface area contributed by atoms with Gasteiger partial charge < -0.3 is 39.1 Å². The molecule has 2 aromatic rings. The number of amides is 2. The summed E-state index contributed by atoms with van der Waals surface area (Å²) >= 11 is 0. The third kappa shape index (κ3) is 13.3. The second kappa shape index (κ2) is 21.4. The molecule has 0 bridgehead atoms. The normalized spacial score (nSPS) is 19.2. The van der Waals surface area contributed by atoms with E-state index in [-0.39, 0.29) is 18.3 Å². The molecule has 1 saturated carbocycles. The van der Waals surface area contributed by atoms with Crippen molar-refractivity contribution in [3.05, 3.63) is 53.6 Å². The van der Waals surface area contributed by atoms with Crippen molar-refractivity contribution in [1.29, 1.82) is 0 Å². The fourth-order valence-electron chi connectivity index (χ4n) is 6.43. The molecule has 4 rings (SSSR count). The number of hydrogen-bond donors (Lipinski definition) is 2. The molecule has 0 aromatic heterocycles. The molecule has 1 saturated heterocycles. The van der Waals surface area contributed by atoms with E-state index in [2.05, 4.69) is 28.5 Å². The van der Waals surface area contributed by atoms with Gasteiger partial charge in [-0.2, -0.15) is 0 Å². The second-order valence-corrected chi connectivity index (χ2v) is 12.8. The van der Waals surface area contributed by atoms with Gasteiger partial charge in [0.1, 0.15) is 11.9 Å². The number of benzene rings is 2. The molecule has 2 amide bonds. The highest BCUT2D eigenvalue weighted by molar-refractivity contribution is 5.67. The van der Waals surface area contributed by atoms with Gasteiger partial charge in [-0.1, -0.05) is 44.4 Å². The third-order valence-electron chi connectivity index (χ3n) is 9.21. The zero-order chi connectivity index (χ0) is 34.7. The second-order valence-electron chi connectivity index (χ2n) is 12.8. The van der Waals surface area contributed by atoms with Crippen LogP contribution in [0.15, 0.2) is 42.5 Å². The lowest BCUT2D eigenvalue weighted by molar-refractivity contribution is -0.0319. The molecule has 0 spiro atoms. The lowest BCUT2D eigenvalue weighted by Gasteiger charge is -2.37. The van der Waals surface area contributed by atoms with Crippen molar-refractivity contribution in [2.24, 2.45) is 0 Å². The first-order valence-corrected chi connectivity index (χ1v) is 18.1. The Morgan fingerprint density at radius 3 is 2.27 bits per heavy atom. The van der Waals surface area contributed by atoms with Gasteiger partial charge in [-0.15, -0.1) is 0 Å². The van der Waals surface area contributed by atoms with Crippen LogP contribution in [0.3, 0.4) is 0 Å². The molecule has 1 aliphatic carbocycles. The summed E-state index contributed by atoms with van der Waals surface area (Å²) in [4.78, 5) is 26.9. The molecule has 2 N–H and O–H groups in total. The van der Waals surface area contributed by atoms with Gasteiger partial charge in [-0.25, -0.2) is 9.59 Å². The first-order chi connectivity index (χ1) is 24.0. The quantitative estimate of drug-likeness (QED) is 0.155. The average molecular weight is 684 g/mol. The maximum atomic E-state index is 12.5. The van der Waals surface area contributed by atoms with Crippen LogP contribution in [0.2, 0.25) is 0 Å². The van der Waals surface area contributed by atoms with Crippen molar-refractivity contribution >= 4 is 12.2 Å². The monoisotopic (exact) mass is 683 g/mol. The predicted octanol–water partition coefficient (Wildman–Crippen LogP) is 6.30. The van der Waals surface area contributed by atoms with Crippen LogP contribution in [0, 0.1) is 0 Å². The zero-order valence-corrected chi connectivity index (χ0v) is 29.7. The summed E-state index contributed by atoms with van der Waals surface area (Å²) in [5.74, 6) is 2.32. The summed E-state index contributed by atoms with van der Waals surface area (Å²) in [7, 11) is 3.29. The highest BCUT2D eigenvalue weighted by Gasteiger charge is 2.36. The molecule has 11 nitrogen and oxygen atoms in total. The van der Waals surface area contributed by atoms with E-state index in [1.807, 2.05) is 36.4 Å². The Morgan fingerprint density at radius 2 is 1.51 bits per heavy atom. The molecule has 2 aromatic carbocycles. The number of carbonyl (C=O) groups excluding carboxylic acids is 2. The van der Waals surface area contributed by atoms with Crippen molar-refractivity contribution in [3.8, 4) is 17.2 Å². The fourth-order valence-corrected chi connectivity index (χ4v) is 6.43. The van der Waals surface area contributed by atoms with Gasteiger partial charge in [0.15, 0.2) is 11.5 Å². The van der Waals surface area contributed by atoms with Crippen molar-refractivity contribution in [3.63, 3.8) is 0 Å². The fraction of sp³-hybridized carbons (Fsp3) is 0.632. The summed E-state index contributed by atoms with van der Waals surface area (Å²) in [6.45, 7) is 6.42. The van der Waals surface area contributed by atoms with Crippen LogP contribution in [-0.2, 0) is 27.1 Å². The number of nitrogens with one attached hydrogen (secondary N) is 2. The third-order valence-corrected chi connectivity index (χ3v) is 9.21. The highest BCUT2D eigenvalue weighted by Crippen LogP contribution is 2.30. The molecule has 1 aliphatic heterocycles. The van der Waals surface area contributed by atoms with Gasteiger partial charge in [-0.3, -0.25) is 4.90 Å². The Morgan fingerprint density at radius 1 is 0.796 bits per heavy atom. The van der Waals surface area contributed by atoms with Crippen LogP contribution in [-0.4, -0.2) is 95.6 Å². The molecule has 49 heavy (non-hydrogen) atoms. The Bertz CT molecular complexity index is 1260. The topological polar surface area (TPSA) is 117 Å². The van der Waals surface area contributed by atoms with E-state index in [1.165, 1.54) is 12.8 Å². The number of alkyl carbamates (subject to hydrolysis) is 2. The lowest BCUT2D eigenvalue weighted by Crippen LogP contribution is -2.46. The lowest BCUT2D eigenvalue weighted by atomic mass is 9.91. The summed E-state index contributed by atoms with van der Waals surface area (Å²) in [6, 6.07) is 14.2. The van der Waals surface area contributed by atoms with E-state index in [4.69, 9.17) is 28.4 Å². The summed E-state index contributed by atoms with van der Waals surface area (Å²) in [5, 5.41) is 5.63. The number of ether oxygens (including phenoxy) is 6. The Labute approximate surface area is 292 Å². The number of likely N-dealkylation sites (tertiary alicyclic amines) is 1. The van der Waals surface area contributed by atoms with E-state index in [0.717, 1.165) is 99.4 Å². The van der Waals surface area contributed by atoms with Crippen LogP contribution < -0.4 is 24.8 Å². The van der Waals surface area contributed by atoms with Crippen molar-refractivity contribution in [2.45, 2.75) is 95.8 Å². The maximum absolute atomic E-state index is 12.5. The standard InChI is InChI=1S/C38H57N3O8/c1-4-5-24-46-31-15-12-29(13-16-31)19-26-48-37(42)39-21-8-9-22-40-38(43)49-32-18-23-41(28-32)33-10-6-7-11-34(33)47-25-20-30-14-17-35(44-2)36(27-30)45-3/h12-17,27,32-34H,4-11,18-26,28H2,1-3H3,(H,39,42)(H,40,43)/t32?,33?,34-/m1/s1. The molecule has 0 radical (unpaired) electrons. The minimum atomic E-state index is -0.429. The highest BCUT2D eigenvalue weighted by atomic mass is 16.6. The maximum Gasteiger partial charge on any atom is 0.407 e. The van der Waals surface area contributed by atoms with Gasteiger partial charge in [0.25, 0.3) is 0 Å². The van der Waals surface area contributed by atoms with E-state index in [1.54, 1.807) is 14.2 Å². The molecule has 2 fully saturated rings. The zero-order valence-electron chi connectivity index (χ0n) is 29.7. The Balaban J connectivity index is 1.03. The molecule has 1 heterocycles. The molecule has 272 valence electrons. The minimum absolute atomic E-state index is 0.122. The number of carbonyl (C=O) groups is 2. The smallest absolute Gasteiger partial charge is 0.407 e. The van der Waals surface area contributed by atoms with E-state index < -0.39 is 6.09 Å². The molecule has 2 aliphatic rings. The van der Waals surface area contributed by atoms with E-state index >= 15 is 0 Å². The summed E-state index contributed by atoms with van der Waals surface area (Å²) < 4.78 is 34.0. The first kappa shape index (κ1) is 38.1. The molecular weight excluding hydrogens is 626 g/mol. The van der Waals surface area contributed by atoms with Crippen LogP contribution in [0.4, 0.5) is 9.59 Å². The van der Waals surface area contributed by atoms with Crippen molar-refractivity contribution < 1.29 is 38.0 Å². The van der Waals surface area contributed by atoms with Gasteiger partial charge >= 0.3 is 12.2 Å². The molecule has 3 atom stereocenters. The number of methoxy groups -OCH3 is 2. The molecule has 11 heteroatoms. The first-order valence-electron chi connectivity index (χ1n) is 18.1. The number of unbranched alkanes of at least 4 members (excludes halogenated alkanes) is 2. The predicted molar refractivity (Wildman–Crippen MR) is 189 cm³/mol. The van der Waals surface area contributed by atoms with E-state index in [9.17, 15) is 9.59 Å². The van der Waals surface area contributed by atoms with Crippen LogP contribution in [0.5, 0.6) is 17.2 Å². The number of nitrogens with zero attached hydrogens (tertiary/aromatic N) is 1. The van der Waals surface area contributed by atoms with Gasteiger partial charge in [0.2, 0.25) is 0 Å².